The molecule has 0 fully saturated rings. The molecule has 3 nitrogen and oxygen atoms in total. The molecule has 0 heterocycles. The number of hydrazine groups is 1. The van der Waals surface area contributed by atoms with Crippen LogP contribution in [0.15, 0.2) is 29.3 Å². The fourth-order valence-corrected chi connectivity index (χ4v) is 1.34. The van der Waals surface area contributed by atoms with Gasteiger partial charge in [0.15, 0.2) is 0 Å². The summed E-state index contributed by atoms with van der Waals surface area (Å²) in [5, 5.41) is 2.12. The first-order chi connectivity index (χ1) is 7.76. The second kappa shape index (κ2) is 10.6. The lowest BCUT2D eigenvalue weighted by Crippen LogP contribution is -2.41. The summed E-state index contributed by atoms with van der Waals surface area (Å²) in [7, 11) is 1.93. The van der Waals surface area contributed by atoms with Crippen LogP contribution >= 0.6 is 0 Å². The number of hydrogen-bond acceptors (Lipinski definition) is 3. The lowest BCUT2D eigenvalue weighted by atomic mass is 10.3. The summed E-state index contributed by atoms with van der Waals surface area (Å²) in [5.74, 6) is 0. The third kappa shape index (κ3) is 7.37. The third-order valence-corrected chi connectivity index (χ3v) is 2.23. The van der Waals surface area contributed by atoms with Crippen molar-refractivity contribution < 1.29 is 0 Å². The van der Waals surface area contributed by atoms with Gasteiger partial charge in [-0.1, -0.05) is 25.2 Å². The van der Waals surface area contributed by atoms with E-state index in [0.29, 0.717) is 0 Å². The highest BCUT2D eigenvalue weighted by Crippen LogP contribution is 1.97. The first-order valence-electron chi connectivity index (χ1n) is 5.99. The van der Waals surface area contributed by atoms with Gasteiger partial charge in [0, 0.05) is 12.8 Å². The Balaban J connectivity index is 3.95. The molecule has 1 unspecified atom stereocenters. The molecule has 0 aromatic carbocycles. The van der Waals surface area contributed by atoms with Crippen molar-refractivity contribution in [2.75, 3.05) is 13.6 Å². The quantitative estimate of drug-likeness (QED) is 0.389. The average Bonchev–Trinajstić information content (AvgIpc) is 2.30. The zero-order valence-electron chi connectivity index (χ0n) is 11.0. The van der Waals surface area contributed by atoms with Crippen LogP contribution in [0.4, 0.5) is 0 Å². The molecule has 0 saturated carbocycles. The number of hydrogen-bond donors (Lipinski definition) is 1. The number of nitrogens with zero attached hydrogens (tertiary/aromatic N) is 2. The van der Waals surface area contributed by atoms with Crippen LogP contribution in [-0.2, 0) is 0 Å². The van der Waals surface area contributed by atoms with E-state index >= 15 is 0 Å². The normalized spacial score (nSPS) is 14.8. The highest BCUT2D eigenvalue weighted by Gasteiger charge is 2.06. The average molecular weight is 223 g/mol. The van der Waals surface area contributed by atoms with Gasteiger partial charge in [-0.15, -0.1) is 0 Å². The molecule has 0 bridgehead atoms. The van der Waals surface area contributed by atoms with Gasteiger partial charge in [0.05, 0.1) is 0 Å². The highest BCUT2D eigenvalue weighted by atomic mass is 15.5. The highest BCUT2D eigenvalue weighted by molar-refractivity contribution is 5.71. The van der Waals surface area contributed by atoms with Gasteiger partial charge in [-0.3, -0.25) is 10.4 Å². The zero-order chi connectivity index (χ0) is 12.2. The maximum Gasteiger partial charge on any atom is 0.112 e. The van der Waals surface area contributed by atoms with E-state index in [2.05, 4.69) is 41.4 Å². The lowest BCUT2D eigenvalue weighted by molar-refractivity contribution is 0.155. The maximum absolute atomic E-state index is 4.44. The van der Waals surface area contributed by atoms with Gasteiger partial charge in [-0.25, -0.2) is 5.01 Å². The molecule has 0 amide bonds. The van der Waals surface area contributed by atoms with E-state index in [0.717, 1.165) is 19.4 Å². The Morgan fingerprint density at radius 1 is 1.38 bits per heavy atom. The molecule has 92 valence electrons. The molecule has 1 N–H and O–H groups in total. The number of aliphatic imine (C=N–C) groups is 1. The molecule has 0 saturated heterocycles. The molecule has 0 aliphatic carbocycles. The van der Waals surface area contributed by atoms with E-state index in [1.807, 2.05) is 32.3 Å². The first kappa shape index (κ1) is 15.1. The molecule has 0 aliphatic rings. The number of nitrogens with one attached hydrogen (secondary N) is 1. The molecular formula is C13H25N3. The fraction of sp³-hybridized carbons (Fsp3) is 0.615. The van der Waals surface area contributed by atoms with Crippen molar-refractivity contribution in [1.82, 2.24) is 10.4 Å². The topological polar surface area (TPSA) is 27.6 Å². The Morgan fingerprint density at radius 2 is 2.12 bits per heavy atom. The molecule has 0 radical (unpaired) electrons. The van der Waals surface area contributed by atoms with Gasteiger partial charge in [0.25, 0.3) is 0 Å². The van der Waals surface area contributed by atoms with Gasteiger partial charge in [0.2, 0.25) is 0 Å². The third-order valence-electron chi connectivity index (χ3n) is 2.23. The second-order valence-corrected chi connectivity index (χ2v) is 3.58. The Morgan fingerprint density at radius 3 is 2.69 bits per heavy atom. The van der Waals surface area contributed by atoms with Crippen LogP contribution in [0.25, 0.3) is 0 Å². The molecule has 0 aromatic heterocycles. The van der Waals surface area contributed by atoms with Crippen molar-refractivity contribution in [2.24, 2.45) is 4.99 Å². The summed E-state index contributed by atoms with van der Waals surface area (Å²) >= 11 is 0. The minimum Gasteiger partial charge on any atom is -0.273 e. The molecule has 0 rings (SSSR count). The van der Waals surface area contributed by atoms with Crippen molar-refractivity contribution in [3.05, 3.63) is 24.3 Å². The summed E-state index contributed by atoms with van der Waals surface area (Å²) in [4.78, 5) is 4.44. The minimum atomic E-state index is 0.177. The predicted octanol–water partition coefficient (Wildman–Crippen LogP) is 2.77. The molecule has 3 heteroatoms. The van der Waals surface area contributed by atoms with E-state index in [4.69, 9.17) is 0 Å². The van der Waals surface area contributed by atoms with Crippen LogP contribution in [0.3, 0.4) is 0 Å². The monoisotopic (exact) mass is 223 g/mol. The summed E-state index contributed by atoms with van der Waals surface area (Å²) in [6.45, 7) is 7.29. The summed E-state index contributed by atoms with van der Waals surface area (Å²) in [5.41, 5.74) is 3.15. The fourth-order valence-electron chi connectivity index (χ4n) is 1.34. The second-order valence-electron chi connectivity index (χ2n) is 3.58. The summed E-state index contributed by atoms with van der Waals surface area (Å²) < 4.78 is 0. The van der Waals surface area contributed by atoms with Crippen LogP contribution in [0, 0.1) is 0 Å². The summed E-state index contributed by atoms with van der Waals surface area (Å²) in [6, 6.07) is 0. The van der Waals surface area contributed by atoms with Crippen LogP contribution in [-0.4, -0.2) is 31.0 Å². The van der Waals surface area contributed by atoms with Crippen LogP contribution in [0.2, 0.25) is 0 Å². The van der Waals surface area contributed by atoms with Crippen molar-refractivity contribution >= 4 is 6.21 Å². The standard InChI is InChI=1S/C13H25N3/c1-5-7-8-9-10-11-15-13(3)16(14-4)12-6-2/h5,7,9-11,13-14H,6,8,12H2,1-4H3/b7-5?,10-9+,15-11?. The Labute approximate surface area is 99.9 Å². The SMILES string of the molecule is CC=CC/C=C/C=NC(C)N(CCC)NC. The predicted molar refractivity (Wildman–Crippen MR) is 72.6 cm³/mol. The smallest absolute Gasteiger partial charge is 0.112 e. The lowest BCUT2D eigenvalue weighted by Gasteiger charge is -2.24. The Hall–Kier alpha value is -0.930. The molecule has 16 heavy (non-hydrogen) atoms. The van der Waals surface area contributed by atoms with Gasteiger partial charge in [-0.05, 0) is 39.8 Å². The van der Waals surface area contributed by atoms with E-state index in [1.54, 1.807) is 0 Å². The molecular weight excluding hydrogens is 198 g/mol. The first-order valence-corrected chi connectivity index (χ1v) is 5.99. The zero-order valence-corrected chi connectivity index (χ0v) is 11.0. The van der Waals surface area contributed by atoms with Crippen LogP contribution in [0.5, 0.6) is 0 Å². The van der Waals surface area contributed by atoms with Crippen LogP contribution in [0.1, 0.15) is 33.6 Å². The van der Waals surface area contributed by atoms with Gasteiger partial charge < -0.3 is 0 Å². The summed E-state index contributed by atoms with van der Waals surface area (Å²) in [6.07, 6.45) is 12.4. The van der Waals surface area contributed by atoms with Crippen molar-refractivity contribution in [1.29, 1.82) is 0 Å². The van der Waals surface area contributed by atoms with Crippen LogP contribution < -0.4 is 5.43 Å². The van der Waals surface area contributed by atoms with Crippen molar-refractivity contribution in [3.8, 4) is 0 Å². The molecule has 0 spiro atoms. The van der Waals surface area contributed by atoms with Crippen molar-refractivity contribution in [3.63, 3.8) is 0 Å². The van der Waals surface area contributed by atoms with Gasteiger partial charge in [0.1, 0.15) is 6.17 Å². The Bertz CT molecular complexity index is 231. The largest absolute Gasteiger partial charge is 0.273 e. The van der Waals surface area contributed by atoms with E-state index in [9.17, 15) is 0 Å². The van der Waals surface area contributed by atoms with E-state index in [1.165, 1.54) is 0 Å². The molecule has 0 aromatic rings. The number of rotatable bonds is 8. The Kier molecular flexibility index (Phi) is 9.97. The van der Waals surface area contributed by atoms with Gasteiger partial charge in [-0.2, -0.15) is 0 Å². The van der Waals surface area contributed by atoms with Gasteiger partial charge >= 0.3 is 0 Å². The van der Waals surface area contributed by atoms with E-state index < -0.39 is 0 Å². The maximum atomic E-state index is 4.44. The van der Waals surface area contributed by atoms with Crippen molar-refractivity contribution in [2.45, 2.75) is 39.8 Å². The molecule has 0 aliphatic heterocycles. The number of allylic oxidation sites excluding steroid dienone is 4. The van der Waals surface area contributed by atoms with E-state index in [-0.39, 0.29) is 6.17 Å². The molecule has 1 atom stereocenters. The minimum absolute atomic E-state index is 0.177.